The second-order valence-electron chi connectivity index (χ2n) is 7.93. The van der Waals surface area contributed by atoms with Crippen molar-refractivity contribution in [1.29, 1.82) is 0 Å². The highest BCUT2D eigenvalue weighted by Gasteiger charge is 2.18. The molecule has 0 aliphatic carbocycles. The zero-order chi connectivity index (χ0) is 23.8. The number of aromatic nitrogens is 3. The molecule has 0 spiro atoms. The van der Waals surface area contributed by atoms with Gasteiger partial charge in [-0.05, 0) is 49.7 Å². The van der Waals surface area contributed by atoms with Crippen molar-refractivity contribution in [3.05, 3.63) is 93.7 Å². The van der Waals surface area contributed by atoms with Crippen molar-refractivity contribution in [2.75, 3.05) is 5.32 Å². The van der Waals surface area contributed by atoms with Crippen molar-refractivity contribution in [1.82, 2.24) is 15.2 Å². The van der Waals surface area contributed by atoms with Gasteiger partial charge >= 0.3 is 0 Å². The van der Waals surface area contributed by atoms with Gasteiger partial charge in [-0.15, -0.1) is 0 Å². The Kier molecular flexibility index (Phi) is 5.14. The van der Waals surface area contributed by atoms with Crippen LogP contribution in [0.3, 0.4) is 0 Å². The number of aryl methyl sites for hydroxylation is 2. The van der Waals surface area contributed by atoms with Crippen molar-refractivity contribution < 1.29 is 14.1 Å². The molecule has 1 amide bonds. The van der Waals surface area contributed by atoms with Crippen LogP contribution in [-0.2, 0) is 0 Å². The summed E-state index contributed by atoms with van der Waals surface area (Å²) >= 11 is 0. The van der Waals surface area contributed by atoms with Gasteiger partial charge in [0.2, 0.25) is 5.89 Å². The number of anilines is 1. The SMILES string of the molecule is Cc1ccc2oc(-c3c[nH]nc3-c3ccc(NC(=O)c4ccc(C)c([N+](=O)[O-])c4)cc3)nc2c1. The number of benzene rings is 3. The molecule has 0 fully saturated rings. The van der Waals surface area contributed by atoms with Crippen LogP contribution in [0.1, 0.15) is 21.5 Å². The van der Waals surface area contributed by atoms with Crippen molar-refractivity contribution in [3.63, 3.8) is 0 Å². The summed E-state index contributed by atoms with van der Waals surface area (Å²) in [6.07, 6.45) is 1.73. The summed E-state index contributed by atoms with van der Waals surface area (Å²) in [5, 5.41) is 21.1. The minimum atomic E-state index is -0.500. The van der Waals surface area contributed by atoms with Crippen LogP contribution < -0.4 is 5.32 Å². The molecule has 0 radical (unpaired) electrons. The van der Waals surface area contributed by atoms with Crippen molar-refractivity contribution in [3.8, 4) is 22.7 Å². The number of rotatable bonds is 5. The molecule has 34 heavy (non-hydrogen) atoms. The molecule has 9 heteroatoms. The minimum Gasteiger partial charge on any atom is -0.436 e. The van der Waals surface area contributed by atoms with Gasteiger partial charge in [0.1, 0.15) is 11.2 Å². The summed E-state index contributed by atoms with van der Waals surface area (Å²) in [6.45, 7) is 3.63. The molecule has 0 atom stereocenters. The Balaban J connectivity index is 1.38. The van der Waals surface area contributed by atoms with Crippen LogP contribution in [-0.4, -0.2) is 26.0 Å². The molecule has 0 aliphatic rings. The first kappa shape index (κ1) is 21.1. The van der Waals surface area contributed by atoms with E-state index in [1.807, 2.05) is 37.3 Å². The van der Waals surface area contributed by atoms with Gasteiger partial charge in [-0.25, -0.2) is 4.98 Å². The lowest BCUT2D eigenvalue weighted by Gasteiger charge is -2.07. The third-order valence-corrected chi connectivity index (χ3v) is 5.50. The van der Waals surface area contributed by atoms with E-state index >= 15 is 0 Å². The number of hydrogen-bond acceptors (Lipinski definition) is 6. The fourth-order valence-electron chi connectivity index (χ4n) is 3.69. The second kappa shape index (κ2) is 8.28. The van der Waals surface area contributed by atoms with E-state index in [2.05, 4.69) is 20.5 Å². The third kappa shape index (κ3) is 3.90. The number of oxazole rings is 1. The van der Waals surface area contributed by atoms with Gasteiger partial charge in [0, 0.05) is 34.6 Å². The average Bonchev–Trinajstić information content (AvgIpc) is 3.46. The molecule has 0 aliphatic heterocycles. The van der Waals surface area contributed by atoms with Gasteiger partial charge < -0.3 is 9.73 Å². The molecule has 5 aromatic rings. The van der Waals surface area contributed by atoms with Crippen molar-refractivity contribution >= 4 is 28.4 Å². The van der Waals surface area contributed by atoms with Gasteiger partial charge in [-0.1, -0.05) is 24.3 Å². The lowest BCUT2D eigenvalue weighted by Crippen LogP contribution is -2.12. The number of nitro groups is 1. The first-order valence-corrected chi connectivity index (χ1v) is 10.5. The van der Waals surface area contributed by atoms with Crippen LogP contribution >= 0.6 is 0 Å². The van der Waals surface area contributed by atoms with Gasteiger partial charge in [-0.2, -0.15) is 5.10 Å². The molecule has 2 heterocycles. The number of carbonyl (C=O) groups is 1. The Bertz CT molecular complexity index is 1550. The highest BCUT2D eigenvalue weighted by Crippen LogP contribution is 2.32. The topological polar surface area (TPSA) is 127 Å². The predicted octanol–water partition coefficient (Wildman–Crippen LogP) is 5.66. The maximum atomic E-state index is 12.6. The number of nitrogens with zero attached hydrogens (tertiary/aromatic N) is 3. The largest absolute Gasteiger partial charge is 0.436 e. The fourth-order valence-corrected chi connectivity index (χ4v) is 3.69. The lowest BCUT2D eigenvalue weighted by molar-refractivity contribution is -0.385. The Hall–Kier alpha value is -4.79. The third-order valence-electron chi connectivity index (χ3n) is 5.50. The smallest absolute Gasteiger partial charge is 0.273 e. The highest BCUT2D eigenvalue weighted by molar-refractivity contribution is 6.04. The predicted molar refractivity (Wildman–Crippen MR) is 128 cm³/mol. The van der Waals surface area contributed by atoms with E-state index in [0.717, 1.165) is 22.2 Å². The maximum absolute atomic E-state index is 12.6. The minimum absolute atomic E-state index is 0.0941. The fraction of sp³-hybridized carbons (Fsp3) is 0.0800. The first-order valence-electron chi connectivity index (χ1n) is 10.5. The van der Waals surface area contributed by atoms with Crippen LogP contribution in [0.4, 0.5) is 11.4 Å². The van der Waals surface area contributed by atoms with Gasteiger partial charge in [0.25, 0.3) is 11.6 Å². The van der Waals surface area contributed by atoms with Crippen LogP contribution in [0, 0.1) is 24.0 Å². The summed E-state index contributed by atoms with van der Waals surface area (Å²) in [7, 11) is 0. The number of carbonyl (C=O) groups excluding carboxylic acids is 1. The van der Waals surface area contributed by atoms with E-state index in [4.69, 9.17) is 4.42 Å². The number of hydrogen-bond donors (Lipinski definition) is 2. The summed E-state index contributed by atoms with van der Waals surface area (Å²) in [5.74, 6) is 0.0285. The maximum Gasteiger partial charge on any atom is 0.273 e. The average molecular weight is 453 g/mol. The number of nitro benzene ring substituents is 1. The van der Waals surface area contributed by atoms with E-state index in [1.165, 1.54) is 6.07 Å². The van der Waals surface area contributed by atoms with Gasteiger partial charge in [-0.3, -0.25) is 20.0 Å². The van der Waals surface area contributed by atoms with E-state index in [9.17, 15) is 14.9 Å². The second-order valence-corrected chi connectivity index (χ2v) is 7.93. The molecule has 2 aromatic heterocycles. The van der Waals surface area contributed by atoms with E-state index in [1.54, 1.807) is 37.4 Å². The normalized spacial score (nSPS) is 11.0. The summed E-state index contributed by atoms with van der Waals surface area (Å²) in [6, 6.07) is 17.3. The van der Waals surface area contributed by atoms with Crippen LogP contribution in [0.5, 0.6) is 0 Å². The quantitative estimate of drug-likeness (QED) is 0.261. The molecule has 2 N–H and O–H groups in total. The zero-order valence-electron chi connectivity index (χ0n) is 18.3. The number of nitrogens with one attached hydrogen (secondary N) is 2. The number of H-pyrrole nitrogens is 1. The lowest BCUT2D eigenvalue weighted by atomic mass is 10.1. The standard InChI is InChI=1S/C25H19N5O4/c1-14-3-10-22-20(11-14)28-25(34-22)19-13-26-29-23(19)16-6-8-18(9-7-16)27-24(31)17-5-4-15(2)21(12-17)30(32)33/h3-13H,1-2H3,(H,26,29)(H,27,31). The monoisotopic (exact) mass is 453 g/mol. The molecular weight excluding hydrogens is 434 g/mol. The molecule has 0 saturated carbocycles. The number of aromatic amines is 1. The van der Waals surface area contributed by atoms with E-state index in [0.29, 0.717) is 28.4 Å². The zero-order valence-corrected chi connectivity index (χ0v) is 18.3. The van der Waals surface area contributed by atoms with Crippen LogP contribution in [0.15, 0.2) is 71.3 Å². The van der Waals surface area contributed by atoms with Gasteiger partial charge in [0.05, 0.1) is 10.5 Å². The summed E-state index contributed by atoms with van der Waals surface area (Å²) in [4.78, 5) is 27.8. The van der Waals surface area contributed by atoms with Crippen molar-refractivity contribution in [2.24, 2.45) is 0 Å². The van der Waals surface area contributed by atoms with E-state index < -0.39 is 10.8 Å². The Morgan fingerprint density at radius 2 is 1.85 bits per heavy atom. The number of amides is 1. The molecule has 5 rings (SSSR count). The Labute approximate surface area is 193 Å². The molecule has 0 unspecified atom stereocenters. The summed E-state index contributed by atoms with van der Waals surface area (Å²) < 4.78 is 5.91. The molecule has 3 aromatic carbocycles. The number of fused-ring (bicyclic) bond motifs is 1. The molecule has 9 nitrogen and oxygen atoms in total. The Morgan fingerprint density at radius 1 is 1.06 bits per heavy atom. The molecule has 168 valence electrons. The molecular formula is C25H19N5O4. The highest BCUT2D eigenvalue weighted by atomic mass is 16.6. The van der Waals surface area contributed by atoms with Crippen LogP contribution in [0.25, 0.3) is 33.8 Å². The van der Waals surface area contributed by atoms with E-state index in [-0.39, 0.29) is 11.3 Å². The van der Waals surface area contributed by atoms with Crippen molar-refractivity contribution in [2.45, 2.75) is 13.8 Å². The first-order chi connectivity index (χ1) is 16.4. The molecule has 0 bridgehead atoms. The van der Waals surface area contributed by atoms with Gasteiger partial charge in [0.15, 0.2) is 5.58 Å². The van der Waals surface area contributed by atoms with Crippen LogP contribution in [0.2, 0.25) is 0 Å². The summed E-state index contributed by atoms with van der Waals surface area (Å²) in [5.41, 5.74) is 5.91. The Morgan fingerprint density at radius 3 is 2.62 bits per heavy atom. The molecule has 0 saturated heterocycles.